The molecule has 0 radical (unpaired) electrons. The Hall–Kier alpha value is -1.16. The summed E-state index contributed by atoms with van der Waals surface area (Å²) in [5.41, 5.74) is 7.29. The molecule has 0 saturated carbocycles. The van der Waals surface area contributed by atoms with Crippen LogP contribution < -0.4 is 10.6 Å². The van der Waals surface area contributed by atoms with E-state index in [1.807, 2.05) is 0 Å². The van der Waals surface area contributed by atoms with E-state index in [1.54, 1.807) is 6.07 Å². The lowest BCUT2D eigenvalue weighted by Gasteiger charge is -2.25. The van der Waals surface area contributed by atoms with Crippen molar-refractivity contribution in [1.29, 1.82) is 0 Å². The zero-order valence-corrected chi connectivity index (χ0v) is 10.6. The van der Waals surface area contributed by atoms with Crippen molar-refractivity contribution in [2.75, 3.05) is 18.0 Å². The van der Waals surface area contributed by atoms with Gasteiger partial charge in [0.1, 0.15) is 10.8 Å². The molecule has 4 heteroatoms. The standard InChI is InChI=1S/C13H17FN2S/c14-10-5-6-12(11(9-10)13(15)17)16-7-3-1-2-4-8-16/h5-6,9H,1-4,7-8H2,(H2,15,17). The fourth-order valence-electron chi connectivity index (χ4n) is 2.29. The van der Waals surface area contributed by atoms with Gasteiger partial charge >= 0.3 is 0 Å². The van der Waals surface area contributed by atoms with Crippen molar-refractivity contribution >= 4 is 22.9 Å². The van der Waals surface area contributed by atoms with Crippen molar-refractivity contribution in [3.8, 4) is 0 Å². The fourth-order valence-corrected chi connectivity index (χ4v) is 2.46. The summed E-state index contributed by atoms with van der Waals surface area (Å²) in [7, 11) is 0. The van der Waals surface area contributed by atoms with E-state index in [2.05, 4.69) is 4.90 Å². The van der Waals surface area contributed by atoms with Crippen LogP contribution in [0.5, 0.6) is 0 Å². The molecule has 0 amide bonds. The first-order valence-electron chi connectivity index (χ1n) is 6.03. The van der Waals surface area contributed by atoms with Gasteiger partial charge in [-0.25, -0.2) is 4.39 Å². The minimum absolute atomic E-state index is 0.267. The zero-order chi connectivity index (χ0) is 12.3. The van der Waals surface area contributed by atoms with Gasteiger partial charge in [-0.05, 0) is 31.0 Å². The molecular formula is C13H17FN2S. The van der Waals surface area contributed by atoms with Crippen molar-refractivity contribution in [3.05, 3.63) is 29.6 Å². The summed E-state index contributed by atoms with van der Waals surface area (Å²) in [6, 6.07) is 4.69. The molecular weight excluding hydrogens is 235 g/mol. The molecule has 92 valence electrons. The molecule has 1 aliphatic rings. The van der Waals surface area contributed by atoms with E-state index >= 15 is 0 Å². The number of rotatable bonds is 2. The van der Waals surface area contributed by atoms with Gasteiger partial charge in [0.2, 0.25) is 0 Å². The highest BCUT2D eigenvalue weighted by Gasteiger charge is 2.15. The molecule has 1 aromatic carbocycles. The first kappa shape index (κ1) is 12.3. The van der Waals surface area contributed by atoms with Crippen molar-refractivity contribution in [2.24, 2.45) is 5.73 Å². The van der Waals surface area contributed by atoms with Crippen LogP contribution in [0.25, 0.3) is 0 Å². The van der Waals surface area contributed by atoms with E-state index in [4.69, 9.17) is 18.0 Å². The van der Waals surface area contributed by atoms with Gasteiger partial charge in [0, 0.05) is 24.3 Å². The van der Waals surface area contributed by atoms with E-state index in [0.717, 1.165) is 18.8 Å². The van der Waals surface area contributed by atoms with E-state index < -0.39 is 0 Å². The van der Waals surface area contributed by atoms with E-state index in [9.17, 15) is 4.39 Å². The molecule has 0 aliphatic carbocycles. The normalized spacial score (nSPS) is 16.6. The Morgan fingerprint density at radius 2 is 1.82 bits per heavy atom. The van der Waals surface area contributed by atoms with Gasteiger partial charge in [-0.1, -0.05) is 25.1 Å². The van der Waals surface area contributed by atoms with Crippen LogP contribution in [0.15, 0.2) is 18.2 Å². The third kappa shape index (κ3) is 2.94. The third-order valence-corrected chi connectivity index (χ3v) is 3.39. The molecule has 0 spiro atoms. The van der Waals surface area contributed by atoms with Crippen molar-refractivity contribution in [3.63, 3.8) is 0 Å². The number of hydrogen-bond donors (Lipinski definition) is 1. The predicted molar refractivity (Wildman–Crippen MR) is 73.0 cm³/mol. The fraction of sp³-hybridized carbons (Fsp3) is 0.462. The number of nitrogens with zero attached hydrogens (tertiary/aromatic N) is 1. The van der Waals surface area contributed by atoms with Gasteiger partial charge < -0.3 is 10.6 Å². The topological polar surface area (TPSA) is 29.3 Å². The first-order chi connectivity index (χ1) is 8.18. The van der Waals surface area contributed by atoms with Gasteiger partial charge in [-0.15, -0.1) is 0 Å². The monoisotopic (exact) mass is 252 g/mol. The quantitative estimate of drug-likeness (QED) is 0.821. The number of hydrogen-bond acceptors (Lipinski definition) is 2. The van der Waals surface area contributed by atoms with Crippen LogP contribution in [-0.2, 0) is 0 Å². The Labute approximate surface area is 107 Å². The van der Waals surface area contributed by atoms with E-state index in [1.165, 1.54) is 37.8 Å². The summed E-state index contributed by atoms with van der Waals surface area (Å²) in [5.74, 6) is -0.286. The number of thiocarbonyl (C=S) groups is 1. The van der Waals surface area contributed by atoms with Gasteiger partial charge in [0.25, 0.3) is 0 Å². The maximum atomic E-state index is 13.2. The van der Waals surface area contributed by atoms with Crippen LogP contribution in [0.4, 0.5) is 10.1 Å². The van der Waals surface area contributed by atoms with Crippen molar-refractivity contribution < 1.29 is 4.39 Å². The average Bonchev–Trinajstić information content (AvgIpc) is 2.57. The largest absolute Gasteiger partial charge is 0.389 e. The minimum atomic E-state index is -0.286. The molecule has 0 bridgehead atoms. The number of anilines is 1. The van der Waals surface area contributed by atoms with Crippen LogP contribution in [-0.4, -0.2) is 18.1 Å². The summed E-state index contributed by atoms with van der Waals surface area (Å²) in [6.07, 6.45) is 4.88. The molecule has 2 rings (SSSR count). The summed E-state index contributed by atoms with van der Waals surface area (Å²) >= 11 is 5.00. The van der Waals surface area contributed by atoms with Crippen LogP contribution in [0.3, 0.4) is 0 Å². The van der Waals surface area contributed by atoms with Crippen LogP contribution in [0, 0.1) is 5.82 Å². The van der Waals surface area contributed by atoms with Gasteiger partial charge in [0.05, 0.1) is 0 Å². The molecule has 2 nitrogen and oxygen atoms in total. The molecule has 1 aromatic rings. The summed E-state index contributed by atoms with van der Waals surface area (Å²) < 4.78 is 13.2. The second kappa shape index (κ2) is 5.45. The Kier molecular flexibility index (Phi) is 3.94. The minimum Gasteiger partial charge on any atom is -0.389 e. The van der Waals surface area contributed by atoms with Gasteiger partial charge in [0.15, 0.2) is 0 Å². The first-order valence-corrected chi connectivity index (χ1v) is 6.43. The van der Waals surface area contributed by atoms with Crippen LogP contribution in [0.1, 0.15) is 31.2 Å². The molecule has 17 heavy (non-hydrogen) atoms. The molecule has 0 unspecified atom stereocenters. The molecule has 0 atom stereocenters. The highest BCUT2D eigenvalue weighted by molar-refractivity contribution is 7.80. The lowest BCUT2D eigenvalue weighted by atomic mass is 10.1. The number of benzene rings is 1. The Morgan fingerprint density at radius 3 is 2.41 bits per heavy atom. The second-order valence-corrected chi connectivity index (χ2v) is 4.87. The van der Waals surface area contributed by atoms with Crippen molar-refractivity contribution in [2.45, 2.75) is 25.7 Å². The average molecular weight is 252 g/mol. The predicted octanol–water partition coefficient (Wildman–Crippen LogP) is 2.84. The van der Waals surface area contributed by atoms with Crippen LogP contribution >= 0.6 is 12.2 Å². The molecule has 1 fully saturated rings. The summed E-state index contributed by atoms with van der Waals surface area (Å²) in [6.45, 7) is 2.00. The Bertz CT molecular complexity index is 412. The van der Waals surface area contributed by atoms with E-state index in [-0.39, 0.29) is 10.8 Å². The SMILES string of the molecule is NC(=S)c1cc(F)ccc1N1CCCCCC1. The highest BCUT2D eigenvalue weighted by atomic mass is 32.1. The molecule has 0 aromatic heterocycles. The smallest absolute Gasteiger partial charge is 0.124 e. The Morgan fingerprint density at radius 1 is 1.18 bits per heavy atom. The maximum absolute atomic E-state index is 13.2. The van der Waals surface area contributed by atoms with Gasteiger partial charge in [-0.3, -0.25) is 0 Å². The second-order valence-electron chi connectivity index (χ2n) is 4.43. The molecule has 1 saturated heterocycles. The summed E-state index contributed by atoms with van der Waals surface area (Å²) in [5, 5.41) is 0. The number of halogens is 1. The highest BCUT2D eigenvalue weighted by Crippen LogP contribution is 2.24. The van der Waals surface area contributed by atoms with E-state index in [0.29, 0.717) is 5.56 Å². The maximum Gasteiger partial charge on any atom is 0.124 e. The third-order valence-electron chi connectivity index (χ3n) is 3.17. The Balaban J connectivity index is 2.32. The zero-order valence-electron chi connectivity index (χ0n) is 9.79. The lowest BCUT2D eigenvalue weighted by molar-refractivity contribution is 0.627. The molecule has 2 N–H and O–H groups in total. The van der Waals surface area contributed by atoms with Crippen molar-refractivity contribution in [1.82, 2.24) is 0 Å². The molecule has 1 aliphatic heterocycles. The lowest BCUT2D eigenvalue weighted by Crippen LogP contribution is -2.27. The molecule has 1 heterocycles. The van der Waals surface area contributed by atoms with Crippen LogP contribution in [0.2, 0.25) is 0 Å². The number of nitrogens with two attached hydrogens (primary N) is 1. The van der Waals surface area contributed by atoms with Gasteiger partial charge in [-0.2, -0.15) is 0 Å². The summed E-state index contributed by atoms with van der Waals surface area (Å²) in [4.78, 5) is 2.53.